The van der Waals surface area contributed by atoms with Crippen molar-refractivity contribution in [1.82, 2.24) is 0 Å². The molecule has 0 bridgehead atoms. The van der Waals surface area contributed by atoms with E-state index >= 15 is 0 Å². The van der Waals surface area contributed by atoms with Crippen molar-refractivity contribution >= 4 is 15.9 Å². The first kappa shape index (κ1) is 63.6. The van der Waals surface area contributed by atoms with Gasteiger partial charge in [-0.1, -0.05) is 44.1 Å². The minimum Gasteiger partial charge on any atom is -0.394 e. The number of aliphatic hydroxyl groups excluding tert-OH is 2. The van der Waals surface area contributed by atoms with Crippen LogP contribution < -0.4 is 0 Å². The summed E-state index contributed by atoms with van der Waals surface area (Å²) in [4.78, 5) is 0. The molecule has 0 radical (unpaired) electrons. The van der Waals surface area contributed by atoms with Gasteiger partial charge in [0.15, 0.2) is 0 Å². The molecule has 0 heterocycles. The summed E-state index contributed by atoms with van der Waals surface area (Å²) < 4.78 is 66.5. The molecule has 0 aromatic heterocycles. The molecule has 14 nitrogen and oxygen atoms in total. The van der Waals surface area contributed by atoms with Crippen LogP contribution in [0.2, 0.25) is 0 Å². The Bertz CT molecular complexity index is 728. The van der Waals surface area contributed by atoms with E-state index in [1.807, 2.05) is 48.5 Å². The van der Waals surface area contributed by atoms with Crippen molar-refractivity contribution in [2.24, 2.45) is 0 Å². The average Bonchev–Trinajstić information content (AvgIpc) is 3.19. The summed E-state index contributed by atoms with van der Waals surface area (Å²) in [5.74, 6) is 0. The molecule has 0 fully saturated rings. The van der Waals surface area contributed by atoms with Crippen LogP contribution in [0.4, 0.5) is 0 Å². The largest absolute Gasteiger partial charge is 0.394 e. The molecular formula is C42H91BrO14. The lowest BCUT2D eigenvalue weighted by molar-refractivity contribution is -0.0935. The molecule has 350 valence electrons. The third kappa shape index (κ3) is 55.9. The molecule has 0 aliphatic heterocycles. The van der Waals surface area contributed by atoms with Gasteiger partial charge < -0.3 is 67.1 Å². The lowest BCUT2D eigenvalue weighted by Gasteiger charge is -2.21. The van der Waals surface area contributed by atoms with Gasteiger partial charge in [-0.05, 0) is 74.7 Å². The highest BCUT2D eigenvalue weighted by atomic mass is 79.9. The van der Waals surface area contributed by atoms with E-state index in [0.717, 1.165) is 31.4 Å². The zero-order chi connectivity index (χ0) is 42.7. The Kier molecular flexibility index (Phi) is 56.1. The lowest BCUT2D eigenvalue weighted by Crippen LogP contribution is -2.28. The van der Waals surface area contributed by atoms with Crippen molar-refractivity contribution in [2.75, 3.05) is 124 Å². The van der Waals surface area contributed by atoms with Gasteiger partial charge in [0, 0.05) is 18.5 Å². The summed E-state index contributed by atoms with van der Waals surface area (Å²) in [6.45, 7) is 31.0. The van der Waals surface area contributed by atoms with Crippen LogP contribution in [0.15, 0.2) is 0 Å². The molecular weight excluding hydrogens is 808 g/mol. The Morgan fingerprint density at radius 3 is 0.965 bits per heavy atom. The molecule has 0 amide bonds. The zero-order valence-electron chi connectivity index (χ0n) is 37.3. The number of hydrogen-bond acceptors (Lipinski definition) is 14. The van der Waals surface area contributed by atoms with Crippen LogP contribution in [0.3, 0.4) is 0 Å². The molecule has 0 aromatic carbocycles. The molecule has 0 spiro atoms. The number of hydrogen-bond donors (Lipinski definition) is 2. The Balaban J connectivity index is -0.000000451. The van der Waals surface area contributed by atoms with Gasteiger partial charge in [0.05, 0.1) is 155 Å². The first-order valence-electron chi connectivity index (χ1n) is 20.9. The molecule has 0 saturated carbocycles. The van der Waals surface area contributed by atoms with Crippen molar-refractivity contribution in [3.05, 3.63) is 0 Å². The van der Waals surface area contributed by atoms with Gasteiger partial charge in [0.1, 0.15) is 0 Å². The number of rotatable bonds is 39. The fraction of sp³-hybridized carbons (Fsp3) is 1.00. The average molecular weight is 900 g/mol. The van der Waals surface area contributed by atoms with Gasteiger partial charge in [-0.3, -0.25) is 0 Å². The molecule has 0 aliphatic rings. The zero-order valence-corrected chi connectivity index (χ0v) is 38.9. The van der Waals surface area contributed by atoms with E-state index in [1.54, 1.807) is 6.92 Å². The summed E-state index contributed by atoms with van der Waals surface area (Å²) in [6.07, 6.45) is 2.85. The Hall–Kier alpha value is -0.0800. The second-order valence-electron chi connectivity index (χ2n) is 13.8. The van der Waals surface area contributed by atoms with Gasteiger partial charge >= 0.3 is 0 Å². The molecule has 2 N–H and O–H groups in total. The van der Waals surface area contributed by atoms with Crippen LogP contribution in [0.1, 0.15) is 103 Å². The number of ether oxygens (including phenoxy) is 12. The Morgan fingerprint density at radius 2 is 0.649 bits per heavy atom. The summed E-state index contributed by atoms with van der Waals surface area (Å²) in [5, 5.41) is 18.8. The van der Waals surface area contributed by atoms with E-state index in [4.69, 9.17) is 67.1 Å². The summed E-state index contributed by atoms with van der Waals surface area (Å²) in [6, 6.07) is 0. The van der Waals surface area contributed by atoms with Gasteiger partial charge in [-0.15, -0.1) is 0 Å². The smallest absolute Gasteiger partial charge is 0.0781 e. The van der Waals surface area contributed by atoms with Crippen molar-refractivity contribution in [1.29, 1.82) is 0 Å². The third-order valence-corrected chi connectivity index (χ3v) is 7.69. The van der Waals surface area contributed by atoms with E-state index in [2.05, 4.69) is 36.7 Å². The van der Waals surface area contributed by atoms with Crippen LogP contribution in [-0.4, -0.2) is 183 Å². The Morgan fingerprint density at radius 1 is 0.368 bits per heavy atom. The first-order valence-corrected chi connectivity index (χ1v) is 22.0. The molecule has 0 aromatic rings. The van der Waals surface area contributed by atoms with Crippen molar-refractivity contribution in [2.45, 2.75) is 152 Å². The summed E-state index contributed by atoms with van der Waals surface area (Å²) in [5.41, 5.74) is 0. The summed E-state index contributed by atoms with van der Waals surface area (Å²) >= 11 is 3.25. The predicted octanol–water partition coefficient (Wildman–Crippen LogP) is 6.51. The van der Waals surface area contributed by atoms with E-state index in [-0.39, 0.29) is 56.8 Å². The quantitative estimate of drug-likeness (QED) is 0.0510. The van der Waals surface area contributed by atoms with Gasteiger partial charge in [0.2, 0.25) is 0 Å². The van der Waals surface area contributed by atoms with Crippen molar-refractivity contribution in [3.63, 3.8) is 0 Å². The van der Waals surface area contributed by atoms with Crippen LogP contribution >= 0.6 is 15.9 Å². The molecule has 0 aliphatic carbocycles. The maximum Gasteiger partial charge on any atom is 0.0781 e. The van der Waals surface area contributed by atoms with Gasteiger partial charge in [-0.2, -0.15) is 0 Å². The molecule has 8 unspecified atom stereocenters. The first-order chi connectivity index (χ1) is 26.9. The van der Waals surface area contributed by atoms with E-state index in [9.17, 15) is 0 Å². The fourth-order valence-corrected chi connectivity index (χ4v) is 3.83. The fourth-order valence-electron chi connectivity index (χ4n) is 3.83. The highest BCUT2D eigenvalue weighted by molar-refractivity contribution is 9.09. The third-order valence-electron chi connectivity index (χ3n) is 6.90. The van der Waals surface area contributed by atoms with Crippen LogP contribution in [0.5, 0.6) is 0 Å². The lowest BCUT2D eigenvalue weighted by atomic mass is 10.3. The highest BCUT2D eigenvalue weighted by Gasteiger charge is 2.13. The number of aliphatic hydroxyl groups is 2. The van der Waals surface area contributed by atoms with Gasteiger partial charge in [0.25, 0.3) is 0 Å². The van der Waals surface area contributed by atoms with E-state index < -0.39 is 6.10 Å². The number of halogens is 1. The number of alkyl halides is 1. The van der Waals surface area contributed by atoms with Crippen LogP contribution in [-0.2, 0) is 56.8 Å². The van der Waals surface area contributed by atoms with Crippen LogP contribution in [0, 0.1) is 0 Å². The standard InChI is InChI=1S/C22H46O7.C16H34O7.C3H7Br.CH4/c1-7-9-23-11-12-24-13-14-25-15-19(3)27-17-21(5)29-18-22(6)28-16-20(4)26-10-8-2;1-13(18)9-21-15(3)11-23-16(4)12-22-14(2)10-20-8-7-19-6-5-17;1-2-3-4;/h19-22H,7-18H2,1-6H3;13-18H,5-12H2,1-4H3;2-3H2,1H3;1H4. The summed E-state index contributed by atoms with van der Waals surface area (Å²) in [7, 11) is 0. The monoisotopic (exact) mass is 899 g/mol. The van der Waals surface area contributed by atoms with Gasteiger partial charge in [-0.25, -0.2) is 0 Å². The maximum absolute atomic E-state index is 9.14. The maximum atomic E-state index is 9.14. The molecule has 8 atom stereocenters. The minimum absolute atomic E-state index is 0. The second-order valence-corrected chi connectivity index (χ2v) is 14.6. The minimum atomic E-state index is -0.465. The topological polar surface area (TPSA) is 151 Å². The van der Waals surface area contributed by atoms with Crippen LogP contribution in [0.25, 0.3) is 0 Å². The SMILES string of the molecule is C.CC(O)COC(C)COC(C)COC(C)COCCOCCO.CCCBr.CCCOCCOCCOCC(C)OCC(C)OCC(C)OCC(C)OCCC. The molecule has 0 saturated heterocycles. The predicted molar refractivity (Wildman–Crippen MR) is 232 cm³/mol. The highest BCUT2D eigenvalue weighted by Crippen LogP contribution is 2.04. The van der Waals surface area contributed by atoms with E-state index in [0.29, 0.717) is 99.1 Å². The van der Waals surface area contributed by atoms with Crippen molar-refractivity contribution < 1.29 is 67.1 Å². The van der Waals surface area contributed by atoms with E-state index in [1.165, 1.54) is 6.42 Å². The normalized spacial score (nSPS) is 15.5. The molecule has 57 heavy (non-hydrogen) atoms. The van der Waals surface area contributed by atoms with Crippen molar-refractivity contribution in [3.8, 4) is 0 Å². The molecule has 0 rings (SSSR count). The Labute approximate surface area is 358 Å². The molecule has 15 heteroatoms. The second kappa shape index (κ2) is 50.3.